The van der Waals surface area contributed by atoms with Crippen LogP contribution in [0.5, 0.6) is 0 Å². The van der Waals surface area contributed by atoms with Crippen LogP contribution >= 0.6 is 23.2 Å². The third-order valence-corrected chi connectivity index (χ3v) is 6.60. The zero-order valence-corrected chi connectivity index (χ0v) is 19.2. The van der Waals surface area contributed by atoms with Crippen molar-refractivity contribution >= 4 is 39.2 Å². The van der Waals surface area contributed by atoms with Crippen molar-refractivity contribution in [3.05, 3.63) is 58.4 Å². The Morgan fingerprint density at radius 2 is 1.81 bits per heavy atom. The van der Waals surface area contributed by atoms with E-state index >= 15 is 0 Å². The van der Waals surface area contributed by atoms with E-state index in [4.69, 9.17) is 32.7 Å². The number of ether oxygens (including phenoxy) is 2. The normalized spacial score (nSPS) is 13.7. The molecule has 0 amide bonds. The summed E-state index contributed by atoms with van der Waals surface area (Å²) in [6, 6.07) is 6.91. The van der Waals surface area contributed by atoms with Crippen LogP contribution < -0.4 is 4.72 Å². The first-order valence-electron chi connectivity index (χ1n) is 8.98. The summed E-state index contributed by atoms with van der Waals surface area (Å²) in [5.74, 6) is 0.501. The van der Waals surface area contributed by atoms with E-state index in [-0.39, 0.29) is 18.4 Å². The molecule has 0 unspecified atom stereocenters. The second-order valence-electron chi connectivity index (χ2n) is 6.43. The van der Waals surface area contributed by atoms with Gasteiger partial charge in [-0.1, -0.05) is 35.3 Å². The molecule has 0 aliphatic rings. The maximum absolute atomic E-state index is 13.2. The van der Waals surface area contributed by atoms with Gasteiger partial charge in [-0.3, -0.25) is 9.29 Å². The number of benzene rings is 1. The molecule has 0 spiro atoms. The Hall–Kier alpha value is -2.31. The Labute approximate surface area is 189 Å². The molecular formula is C18H20Cl2N6O4S. The van der Waals surface area contributed by atoms with Crippen LogP contribution in [0.1, 0.15) is 24.7 Å². The second kappa shape index (κ2) is 9.88. The van der Waals surface area contributed by atoms with E-state index < -0.39 is 21.4 Å². The van der Waals surface area contributed by atoms with Crippen molar-refractivity contribution in [2.45, 2.75) is 24.9 Å². The number of anilines is 1. The molecule has 0 aliphatic carbocycles. The van der Waals surface area contributed by atoms with Crippen LogP contribution in [0.25, 0.3) is 5.69 Å². The Kier molecular flexibility index (Phi) is 7.44. The number of sulfonamides is 1. The van der Waals surface area contributed by atoms with Crippen LogP contribution in [-0.4, -0.2) is 52.6 Å². The van der Waals surface area contributed by atoms with E-state index in [2.05, 4.69) is 24.9 Å². The van der Waals surface area contributed by atoms with E-state index in [9.17, 15) is 8.42 Å². The maximum Gasteiger partial charge on any atom is 0.243 e. The van der Waals surface area contributed by atoms with Crippen LogP contribution in [-0.2, 0) is 26.1 Å². The van der Waals surface area contributed by atoms with Crippen molar-refractivity contribution in [3.8, 4) is 5.69 Å². The fraction of sp³-hybridized carbons (Fsp3) is 0.333. The lowest BCUT2D eigenvalue weighted by Crippen LogP contribution is -2.33. The van der Waals surface area contributed by atoms with Crippen LogP contribution in [0.3, 0.4) is 0 Å². The molecule has 0 bridgehead atoms. The Morgan fingerprint density at radius 3 is 2.42 bits per heavy atom. The highest BCUT2D eigenvalue weighted by molar-refractivity contribution is 7.93. The van der Waals surface area contributed by atoms with E-state index in [1.54, 1.807) is 24.3 Å². The smallest absolute Gasteiger partial charge is 0.243 e. The highest BCUT2D eigenvalue weighted by Gasteiger charge is 2.34. The van der Waals surface area contributed by atoms with Gasteiger partial charge in [0, 0.05) is 26.6 Å². The number of rotatable bonds is 9. The van der Waals surface area contributed by atoms with Crippen LogP contribution in [0.4, 0.5) is 5.95 Å². The van der Waals surface area contributed by atoms with Gasteiger partial charge in [0.05, 0.1) is 15.7 Å². The average molecular weight is 487 g/mol. The lowest BCUT2D eigenvalue weighted by atomic mass is 10.2. The summed E-state index contributed by atoms with van der Waals surface area (Å²) < 4.78 is 40.8. The summed E-state index contributed by atoms with van der Waals surface area (Å²) in [5.41, 5.74) is 0.496. The molecule has 0 saturated heterocycles. The van der Waals surface area contributed by atoms with Crippen molar-refractivity contribution in [3.63, 3.8) is 0 Å². The molecule has 0 radical (unpaired) electrons. The first-order valence-corrected chi connectivity index (χ1v) is 11.3. The topological polar surface area (TPSA) is 121 Å². The predicted molar refractivity (Wildman–Crippen MR) is 116 cm³/mol. The summed E-state index contributed by atoms with van der Waals surface area (Å²) in [4.78, 5) is 8.14. The minimum Gasteiger partial charge on any atom is -0.377 e. The van der Waals surface area contributed by atoms with Gasteiger partial charge in [0.2, 0.25) is 16.0 Å². The molecule has 2 atom stereocenters. The molecule has 3 aromatic rings. The fourth-order valence-corrected chi connectivity index (χ4v) is 4.30. The monoisotopic (exact) mass is 486 g/mol. The molecular weight excluding hydrogens is 467 g/mol. The highest BCUT2D eigenvalue weighted by Crippen LogP contribution is 2.28. The van der Waals surface area contributed by atoms with Gasteiger partial charge in [-0.2, -0.15) is 0 Å². The number of halogens is 2. The van der Waals surface area contributed by atoms with Crippen LogP contribution in [0.2, 0.25) is 10.0 Å². The molecule has 2 heterocycles. The Morgan fingerprint density at radius 1 is 1.13 bits per heavy atom. The van der Waals surface area contributed by atoms with E-state index in [1.165, 1.54) is 38.1 Å². The third-order valence-electron chi connectivity index (χ3n) is 4.39. The number of hydrogen-bond acceptors (Lipinski definition) is 8. The van der Waals surface area contributed by atoms with E-state index in [1.807, 2.05) is 0 Å². The predicted octanol–water partition coefficient (Wildman–Crippen LogP) is 3.03. The molecule has 10 nitrogen and oxygen atoms in total. The molecule has 2 aromatic heterocycles. The molecule has 3 rings (SSSR count). The Bertz CT molecular complexity index is 1140. The third kappa shape index (κ3) is 5.13. The van der Waals surface area contributed by atoms with E-state index in [0.717, 1.165) is 0 Å². The average Bonchev–Trinajstić information content (AvgIpc) is 3.12. The number of para-hydroxylation sites is 1. The molecule has 166 valence electrons. The van der Waals surface area contributed by atoms with Gasteiger partial charge in [0.25, 0.3) is 0 Å². The van der Waals surface area contributed by atoms with Crippen LogP contribution in [0, 0.1) is 0 Å². The lowest BCUT2D eigenvalue weighted by molar-refractivity contribution is 0.0950. The molecule has 0 fully saturated rings. The molecule has 0 saturated carbocycles. The summed E-state index contributed by atoms with van der Waals surface area (Å²) >= 11 is 12.1. The van der Waals surface area contributed by atoms with Gasteiger partial charge < -0.3 is 9.47 Å². The van der Waals surface area contributed by atoms with Gasteiger partial charge in [0.15, 0.2) is 11.6 Å². The molecule has 13 heteroatoms. The highest BCUT2D eigenvalue weighted by atomic mass is 35.5. The summed E-state index contributed by atoms with van der Waals surface area (Å²) in [7, 11) is -1.16. The van der Waals surface area contributed by atoms with E-state index in [0.29, 0.717) is 21.6 Å². The molecule has 1 aromatic carbocycles. The number of nitrogens with one attached hydrogen (secondary N) is 1. The zero-order valence-electron chi connectivity index (χ0n) is 16.9. The van der Waals surface area contributed by atoms with Crippen molar-refractivity contribution in [1.29, 1.82) is 0 Å². The molecule has 1 N–H and O–H groups in total. The van der Waals surface area contributed by atoms with Crippen molar-refractivity contribution in [2.24, 2.45) is 0 Å². The Balaban J connectivity index is 1.97. The zero-order chi connectivity index (χ0) is 22.6. The number of aromatic nitrogens is 5. The SMILES string of the molecule is COCc1nnc(NS(=O)(=O)[C@@H](C)[C@H](OC)c2ncc(Cl)cn2)n1-c1ccccc1Cl. The molecule has 31 heavy (non-hydrogen) atoms. The minimum atomic E-state index is -4.02. The molecule has 0 aliphatic heterocycles. The number of hydrogen-bond donors (Lipinski definition) is 1. The minimum absolute atomic E-state index is 0.0427. The van der Waals surface area contributed by atoms with Crippen LogP contribution in [0.15, 0.2) is 36.7 Å². The first-order chi connectivity index (χ1) is 14.8. The van der Waals surface area contributed by atoms with Gasteiger partial charge in [-0.05, 0) is 19.1 Å². The van der Waals surface area contributed by atoms with Crippen molar-refractivity contribution in [1.82, 2.24) is 24.7 Å². The number of methoxy groups -OCH3 is 2. The summed E-state index contributed by atoms with van der Waals surface area (Å²) in [5, 5.41) is 7.64. The maximum atomic E-state index is 13.2. The second-order valence-corrected chi connectivity index (χ2v) is 9.31. The lowest BCUT2D eigenvalue weighted by Gasteiger charge is -2.22. The number of nitrogens with zero attached hydrogens (tertiary/aromatic N) is 5. The summed E-state index contributed by atoms with van der Waals surface area (Å²) in [6.45, 7) is 1.57. The largest absolute Gasteiger partial charge is 0.377 e. The van der Waals surface area contributed by atoms with Crippen molar-refractivity contribution < 1.29 is 17.9 Å². The first kappa shape index (κ1) is 23.4. The van der Waals surface area contributed by atoms with Crippen molar-refractivity contribution in [2.75, 3.05) is 18.9 Å². The summed E-state index contributed by atoms with van der Waals surface area (Å²) in [6.07, 6.45) is 1.78. The van der Waals surface area contributed by atoms with Gasteiger partial charge >= 0.3 is 0 Å². The van der Waals surface area contributed by atoms with Gasteiger partial charge in [0.1, 0.15) is 18.0 Å². The standard InChI is InChI=1S/C18H20Cl2N6O4S/c1-11(16(30-3)17-21-8-12(19)9-22-17)31(27,28)25-18-24-23-15(10-29-2)26(18)14-7-5-4-6-13(14)20/h4-9,11,16H,10H2,1-3H3,(H,24,25)/t11-,16-/m0/s1. The van der Waals surface area contributed by atoms with Gasteiger partial charge in [-0.25, -0.2) is 18.4 Å². The fourth-order valence-electron chi connectivity index (χ4n) is 2.85. The quantitative estimate of drug-likeness (QED) is 0.489. The van der Waals surface area contributed by atoms with Gasteiger partial charge in [-0.15, -0.1) is 10.2 Å².